The van der Waals surface area contributed by atoms with E-state index in [1.807, 2.05) is 13.8 Å². The van der Waals surface area contributed by atoms with Gasteiger partial charge in [0.2, 0.25) is 0 Å². The van der Waals surface area contributed by atoms with Crippen LogP contribution in [0.2, 0.25) is 0 Å². The summed E-state index contributed by atoms with van der Waals surface area (Å²) >= 11 is 0. The van der Waals surface area contributed by atoms with Crippen LogP contribution in [0.4, 0.5) is 4.79 Å². The summed E-state index contributed by atoms with van der Waals surface area (Å²) in [6, 6.07) is 0.736. The number of nitrogens with one attached hydrogen (secondary N) is 1. The van der Waals surface area contributed by atoms with Crippen molar-refractivity contribution in [2.75, 3.05) is 18.6 Å². The third kappa shape index (κ3) is 5.10. The Labute approximate surface area is 141 Å². The van der Waals surface area contributed by atoms with Crippen molar-refractivity contribution >= 4 is 15.9 Å². The summed E-state index contributed by atoms with van der Waals surface area (Å²) < 4.78 is 22.7. The summed E-state index contributed by atoms with van der Waals surface area (Å²) in [5.41, 5.74) is -0.215. The summed E-state index contributed by atoms with van der Waals surface area (Å²) in [4.78, 5) is 14.7. The van der Waals surface area contributed by atoms with Crippen molar-refractivity contribution in [3.8, 4) is 0 Å². The lowest BCUT2D eigenvalue weighted by atomic mass is 9.85. The van der Waals surface area contributed by atoms with Gasteiger partial charge in [0.25, 0.3) is 0 Å². The molecule has 0 aromatic rings. The molecule has 3 atom stereocenters. The minimum atomic E-state index is -2.96. The number of fused-ring (bicyclic) bond motifs is 1. The number of hydrogen-bond donors (Lipinski definition) is 1. The van der Waals surface area contributed by atoms with E-state index >= 15 is 0 Å². The molecular weight excluding hydrogens is 312 g/mol. The van der Waals surface area contributed by atoms with Crippen LogP contribution in [-0.2, 0) is 9.84 Å². The zero-order valence-electron chi connectivity index (χ0n) is 15.0. The Morgan fingerprint density at radius 1 is 1.26 bits per heavy atom. The Kier molecular flexibility index (Phi) is 5.64. The number of amides is 2. The van der Waals surface area contributed by atoms with Gasteiger partial charge in [-0.15, -0.1) is 0 Å². The molecule has 0 bridgehead atoms. The SMILES string of the molecule is C[C@@H]1C[C@H]2CCCC[C@H]2N1C(=O)NCC(C)(C)CCS(C)(=O)=O. The monoisotopic (exact) mass is 344 g/mol. The molecule has 0 spiro atoms. The van der Waals surface area contributed by atoms with Crippen molar-refractivity contribution in [3.05, 3.63) is 0 Å². The zero-order valence-corrected chi connectivity index (χ0v) is 15.8. The molecule has 1 saturated heterocycles. The number of urea groups is 1. The van der Waals surface area contributed by atoms with Crippen LogP contribution in [0.15, 0.2) is 0 Å². The van der Waals surface area contributed by atoms with Gasteiger partial charge in [-0.1, -0.05) is 26.7 Å². The summed E-state index contributed by atoms with van der Waals surface area (Å²) in [6.07, 6.45) is 7.83. The second-order valence-corrected chi connectivity index (χ2v) is 10.6. The van der Waals surface area contributed by atoms with Crippen molar-refractivity contribution in [2.45, 2.75) is 71.4 Å². The van der Waals surface area contributed by atoms with Crippen molar-refractivity contribution in [3.63, 3.8) is 0 Å². The first kappa shape index (κ1) is 18.6. The van der Waals surface area contributed by atoms with Crippen molar-refractivity contribution in [1.29, 1.82) is 0 Å². The average Bonchev–Trinajstić information content (AvgIpc) is 2.78. The number of nitrogens with zero attached hydrogens (tertiary/aromatic N) is 1. The molecule has 2 rings (SSSR count). The summed E-state index contributed by atoms with van der Waals surface area (Å²) in [5, 5.41) is 3.06. The molecular formula is C17H32N2O3S. The van der Waals surface area contributed by atoms with Gasteiger partial charge in [0.15, 0.2) is 0 Å². The van der Waals surface area contributed by atoms with Crippen LogP contribution in [0.25, 0.3) is 0 Å². The van der Waals surface area contributed by atoms with Crippen LogP contribution in [-0.4, -0.2) is 50.0 Å². The van der Waals surface area contributed by atoms with E-state index in [9.17, 15) is 13.2 Å². The minimum Gasteiger partial charge on any atom is -0.337 e. The van der Waals surface area contributed by atoms with Gasteiger partial charge in [-0.25, -0.2) is 13.2 Å². The molecule has 2 amide bonds. The third-order valence-corrected chi connectivity index (χ3v) is 6.39. The number of carbonyl (C=O) groups is 1. The van der Waals surface area contributed by atoms with Crippen LogP contribution in [0.5, 0.6) is 0 Å². The second kappa shape index (κ2) is 6.99. The van der Waals surface area contributed by atoms with E-state index in [2.05, 4.69) is 17.1 Å². The predicted molar refractivity (Wildman–Crippen MR) is 93.2 cm³/mol. The first-order valence-corrected chi connectivity index (χ1v) is 10.9. The number of sulfone groups is 1. The van der Waals surface area contributed by atoms with E-state index in [-0.39, 0.29) is 17.2 Å². The number of rotatable bonds is 5. The lowest BCUT2D eigenvalue weighted by Gasteiger charge is -2.34. The molecule has 1 aliphatic carbocycles. The number of likely N-dealkylation sites (tertiary alicyclic amines) is 1. The summed E-state index contributed by atoms with van der Waals surface area (Å²) in [7, 11) is -2.96. The predicted octanol–water partition coefficient (Wildman–Crippen LogP) is 2.81. The molecule has 0 radical (unpaired) electrons. The van der Waals surface area contributed by atoms with Gasteiger partial charge in [-0.05, 0) is 43.9 Å². The lowest BCUT2D eigenvalue weighted by molar-refractivity contribution is 0.152. The van der Waals surface area contributed by atoms with Crippen LogP contribution in [0, 0.1) is 11.3 Å². The van der Waals surface area contributed by atoms with E-state index in [0.29, 0.717) is 31.0 Å². The fourth-order valence-electron chi connectivity index (χ4n) is 4.01. The highest BCUT2D eigenvalue weighted by molar-refractivity contribution is 7.90. The Morgan fingerprint density at radius 3 is 2.57 bits per heavy atom. The van der Waals surface area contributed by atoms with Gasteiger partial charge in [-0.2, -0.15) is 0 Å². The van der Waals surface area contributed by atoms with Gasteiger partial charge in [0, 0.05) is 24.9 Å². The number of carbonyl (C=O) groups excluding carboxylic acids is 1. The van der Waals surface area contributed by atoms with Crippen LogP contribution >= 0.6 is 0 Å². The highest BCUT2D eigenvalue weighted by atomic mass is 32.2. The maximum absolute atomic E-state index is 12.7. The Balaban J connectivity index is 1.88. The largest absolute Gasteiger partial charge is 0.337 e. The van der Waals surface area contributed by atoms with E-state index in [4.69, 9.17) is 0 Å². The van der Waals surface area contributed by atoms with Crippen LogP contribution in [0.1, 0.15) is 59.3 Å². The Hall–Kier alpha value is -0.780. The van der Waals surface area contributed by atoms with Gasteiger partial charge in [0.05, 0.1) is 5.75 Å². The normalized spacial score (nSPS) is 28.5. The fraction of sp³-hybridized carbons (Fsp3) is 0.941. The van der Waals surface area contributed by atoms with Crippen LogP contribution < -0.4 is 5.32 Å². The number of hydrogen-bond acceptors (Lipinski definition) is 3. The minimum absolute atomic E-state index is 0.0272. The average molecular weight is 345 g/mol. The molecule has 2 aliphatic rings. The zero-order chi connectivity index (χ0) is 17.3. The van der Waals surface area contributed by atoms with Crippen molar-refractivity contribution in [2.24, 2.45) is 11.3 Å². The molecule has 6 heteroatoms. The van der Waals surface area contributed by atoms with E-state index < -0.39 is 9.84 Å². The Morgan fingerprint density at radius 2 is 1.91 bits per heavy atom. The molecule has 1 N–H and O–H groups in total. The summed E-state index contributed by atoms with van der Waals surface area (Å²) in [5.74, 6) is 0.837. The van der Waals surface area contributed by atoms with Gasteiger partial charge >= 0.3 is 6.03 Å². The standard InChI is InChI=1S/C17H32N2O3S/c1-13-11-14-7-5-6-8-15(14)19(13)16(20)18-12-17(2,3)9-10-23(4,21)22/h13-15H,5-12H2,1-4H3,(H,18,20)/t13-,14-,15-/m1/s1. The van der Waals surface area contributed by atoms with E-state index in [1.165, 1.54) is 25.5 Å². The molecule has 1 aliphatic heterocycles. The van der Waals surface area contributed by atoms with E-state index in [0.717, 1.165) is 12.8 Å². The quantitative estimate of drug-likeness (QED) is 0.834. The molecule has 134 valence electrons. The van der Waals surface area contributed by atoms with Crippen LogP contribution in [0.3, 0.4) is 0 Å². The lowest BCUT2D eigenvalue weighted by Crippen LogP contribution is -2.49. The first-order chi connectivity index (χ1) is 10.6. The smallest absolute Gasteiger partial charge is 0.317 e. The maximum Gasteiger partial charge on any atom is 0.317 e. The highest BCUT2D eigenvalue weighted by Crippen LogP contribution is 2.39. The van der Waals surface area contributed by atoms with Gasteiger partial charge in [0.1, 0.15) is 9.84 Å². The fourth-order valence-corrected chi connectivity index (χ4v) is 4.94. The van der Waals surface area contributed by atoms with Gasteiger partial charge < -0.3 is 10.2 Å². The molecule has 23 heavy (non-hydrogen) atoms. The molecule has 2 fully saturated rings. The van der Waals surface area contributed by atoms with E-state index in [1.54, 1.807) is 0 Å². The van der Waals surface area contributed by atoms with Crippen molar-refractivity contribution in [1.82, 2.24) is 10.2 Å². The highest BCUT2D eigenvalue weighted by Gasteiger charge is 2.42. The molecule has 0 aromatic carbocycles. The molecule has 0 unspecified atom stereocenters. The topological polar surface area (TPSA) is 66.5 Å². The molecule has 1 heterocycles. The molecule has 5 nitrogen and oxygen atoms in total. The first-order valence-electron chi connectivity index (χ1n) is 8.83. The molecule has 1 saturated carbocycles. The summed E-state index contributed by atoms with van der Waals surface area (Å²) in [6.45, 7) is 6.68. The van der Waals surface area contributed by atoms with Gasteiger partial charge in [-0.3, -0.25) is 0 Å². The third-order valence-electron chi connectivity index (χ3n) is 5.45. The molecule has 0 aromatic heterocycles. The maximum atomic E-state index is 12.7. The second-order valence-electron chi connectivity index (χ2n) is 8.31. The van der Waals surface area contributed by atoms with Crippen molar-refractivity contribution < 1.29 is 13.2 Å². The Bertz CT molecular complexity index is 530.